The highest BCUT2D eigenvalue weighted by Crippen LogP contribution is 2.19. The van der Waals surface area contributed by atoms with Gasteiger partial charge in [0, 0.05) is 22.8 Å². The van der Waals surface area contributed by atoms with Crippen molar-refractivity contribution in [2.75, 3.05) is 13.4 Å². The standard InChI is InChI=1S/C8H11BrN2O3S/c1-14-8-6(3-7(9)5-10-8)4-11-15(2,12)13/h3,5,11H,4H2,1-2H3. The number of methoxy groups -OCH3 is 1. The van der Waals surface area contributed by atoms with Crippen LogP contribution >= 0.6 is 15.9 Å². The van der Waals surface area contributed by atoms with Crippen molar-refractivity contribution >= 4 is 26.0 Å². The first-order chi connectivity index (χ1) is 6.92. The first kappa shape index (κ1) is 12.4. The fourth-order valence-corrected chi connectivity index (χ4v) is 1.78. The Morgan fingerprint density at radius 3 is 2.80 bits per heavy atom. The van der Waals surface area contributed by atoms with E-state index in [2.05, 4.69) is 25.6 Å². The molecule has 0 saturated heterocycles. The molecule has 0 aliphatic rings. The van der Waals surface area contributed by atoms with Crippen molar-refractivity contribution < 1.29 is 13.2 Å². The molecule has 1 heterocycles. The maximum atomic E-state index is 10.9. The third-order valence-corrected chi connectivity index (χ3v) is 2.71. The fourth-order valence-electron chi connectivity index (χ4n) is 0.988. The minimum absolute atomic E-state index is 0.161. The summed E-state index contributed by atoms with van der Waals surface area (Å²) in [5.74, 6) is 0.411. The van der Waals surface area contributed by atoms with E-state index in [9.17, 15) is 8.42 Å². The monoisotopic (exact) mass is 294 g/mol. The van der Waals surface area contributed by atoms with E-state index in [1.807, 2.05) is 0 Å². The lowest BCUT2D eigenvalue weighted by molar-refractivity contribution is 0.392. The Labute approximate surface area is 97.0 Å². The Bertz CT molecular complexity index is 447. The molecular weight excluding hydrogens is 284 g/mol. The zero-order valence-corrected chi connectivity index (χ0v) is 10.7. The van der Waals surface area contributed by atoms with Crippen LogP contribution in [0.4, 0.5) is 0 Å². The average Bonchev–Trinajstić information content (AvgIpc) is 2.14. The molecule has 1 N–H and O–H groups in total. The van der Waals surface area contributed by atoms with Gasteiger partial charge in [-0.2, -0.15) is 0 Å². The number of nitrogens with one attached hydrogen (secondary N) is 1. The van der Waals surface area contributed by atoms with Gasteiger partial charge in [0.15, 0.2) is 0 Å². The van der Waals surface area contributed by atoms with Gasteiger partial charge in [-0.1, -0.05) is 0 Å². The molecule has 0 atom stereocenters. The van der Waals surface area contributed by atoms with Gasteiger partial charge in [-0.3, -0.25) is 0 Å². The zero-order chi connectivity index (χ0) is 11.5. The molecule has 1 aromatic rings. The second kappa shape index (κ2) is 4.91. The lowest BCUT2D eigenvalue weighted by Gasteiger charge is -2.07. The van der Waals surface area contributed by atoms with Crippen molar-refractivity contribution in [2.45, 2.75) is 6.54 Å². The van der Waals surface area contributed by atoms with E-state index in [0.29, 0.717) is 11.4 Å². The number of aromatic nitrogens is 1. The van der Waals surface area contributed by atoms with Crippen molar-refractivity contribution in [3.8, 4) is 5.88 Å². The second-order valence-corrected chi connectivity index (χ2v) is 5.66. The molecule has 5 nitrogen and oxygen atoms in total. The average molecular weight is 295 g/mol. The maximum absolute atomic E-state index is 10.9. The number of rotatable bonds is 4. The summed E-state index contributed by atoms with van der Waals surface area (Å²) >= 11 is 3.25. The first-order valence-corrected chi connectivity index (χ1v) is 6.74. The van der Waals surface area contributed by atoms with Gasteiger partial charge in [0.25, 0.3) is 0 Å². The van der Waals surface area contributed by atoms with Crippen LogP contribution in [0.3, 0.4) is 0 Å². The summed E-state index contributed by atoms with van der Waals surface area (Å²) in [5.41, 5.74) is 0.678. The highest BCUT2D eigenvalue weighted by molar-refractivity contribution is 9.10. The Morgan fingerprint density at radius 2 is 2.27 bits per heavy atom. The van der Waals surface area contributed by atoms with Gasteiger partial charge in [-0.15, -0.1) is 0 Å². The van der Waals surface area contributed by atoms with Crippen molar-refractivity contribution in [1.29, 1.82) is 0 Å². The predicted molar refractivity (Wildman–Crippen MR) is 60.2 cm³/mol. The molecule has 1 aromatic heterocycles. The van der Waals surface area contributed by atoms with Crippen LogP contribution < -0.4 is 9.46 Å². The summed E-state index contributed by atoms with van der Waals surface area (Å²) < 4.78 is 30.0. The van der Waals surface area contributed by atoms with Crippen LogP contribution in [0.25, 0.3) is 0 Å². The van der Waals surface area contributed by atoms with E-state index in [0.717, 1.165) is 10.7 Å². The summed E-state index contributed by atoms with van der Waals surface area (Å²) in [4.78, 5) is 3.99. The number of halogens is 1. The van der Waals surface area contributed by atoms with Crippen LogP contribution in [0.2, 0.25) is 0 Å². The van der Waals surface area contributed by atoms with E-state index >= 15 is 0 Å². The minimum atomic E-state index is -3.21. The lowest BCUT2D eigenvalue weighted by atomic mass is 10.3. The number of sulfonamides is 1. The highest BCUT2D eigenvalue weighted by Gasteiger charge is 2.07. The van der Waals surface area contributed by atoms with Crippen molar-refractivity contribution in [1.82, 2.24) is 9.71 Å². The van der Waals surface area contributed by atoms with Gasteiger partial charge < -0.3 is 4.74 Å². The summed E-state index contributed by atoms with van der Waals surface area (Å²) in [6.07, 6.45) is 2.69. The van der Waals surface area contributed by atoms with Gasteiger partial charge in [-0.25, -0.2) is 18.1 Å². The first-order valence-electron chi connectivity index (χ1n) is 4.05. The molecule has 0 bridgehead atoms. The largest absolute Gasteiger partial charge is 0.481 e. The maximum Gasteiger partial charge on any atom is 0.217 e. The smallest absolute Gasteiger partial charge is 0.217 e. The third-order valence-electron chi connectivity index (χ3n) is 1.61. The second-order valence-electron chi connectivity index (χ2n) is 2.92. The fraction of sp³-hybridized carbons (Fsp3) is 0.375. The van der Waals surface area contributed by atoms with Gasteiger partial charge in [0.1, 0.15) is 0 Å². The van der Waals surface area contributed by atoms with E-state index in [1.54, 1.807) is 12.3 Å². The summed E-state index contributed by atoms with van der Waals surface area (Å²) in [5, 5.41) is 0. The summed E-state index contributed by atoms with van der Waals surface area (Å²) in [6, 6.07) is 1.75. The topological polar surface area (TPSA) is 68.3 Å². The number of nitrogens with zero attached hydrogens (tertiary/aromatic N) is 1. The van der Waals surface area contributed by atoms with E-state index < -0.39 is 10.0 Å². The number of ether oxygens (including phenoxy) is 1. The molecule has 0 aliphatic carbocycles. The molecule has 0 fully saturated rings. The Morgan fingerprint density at radius 1 is 1.60 bits per heavy atom. The van der Waals surface area contributed by atoms with E-state index in [1.165, 1.54) is 7.11 Å². The van der Waals surface area contributed by atoms with Crippen LogP contribution in [0.15, 0.2) is 16.7 Å². The molecule has 0 saturated carbocycles. The highest BCUT2D eigenvalue weighted by atomic mass is 79.9. The summed E-state index contributed by atoms with van der Waals surface area (Å²) in [7, 11) is -1.72. The predicted octanol–water partition coefficient (Wildman–Crippen LogP) is 0.902. The van der Waals surface area contributed by atoms with Gasteiger partial charge >= 0.3 is 0 Å². The minimum Gasteiger partial charge on any atom is -0.481 e. The molecule has 0 spiro atoms. The molecule has 0 aromatic carbocycles. The molecule has 84 valence electrons. The molecule has 0 radical (unpaired) electrons. The van der Waals surface area contributed by atoms with Crippen LogP contribution in [-0.2, 0) is 16.6 Å². The van der Waals surface area contributed by atoms with Crippen LogP contribution in [0.1, 0.15) is 5.56 Å². The van der Waals surface area contributed by atoms with Crippen LogP contribution in [0, 0.1) is 0 Å². The zero-order valence-electron chi connectivity index (χ0n) is 8.32. The molecule has 1 rings (SSSR count). The molecule has 0 amide bonds. The van der Waals surface area contributed by atoms with Crippen molar-refractivity contribution in [2.24, 2.45) is 0 Å². The molecule has 0 unspecified atom stereocenters. The number of pyridine rings is 1. The molecule has 7 heteroatoms. The Balaban J connectivity index is 2.88. The van der Waals surface area contributed by atoms with E-state index in [4.69, 9.17) is 4.74 Å². The normalized spacial score (nSPS) is 11.4. The molecule has 0 aliphatic heterocycles. The van der Waals surface area contributed by atoms with Crippen molar-refractivity contribution in [3.63, 3.8) is 0 Å². The van der Waals surface area contributed by atoms with E-state index in [-0.39, 0.29) is 6.54 Å². The van der Waals surface area contributed by atoms with Gasteiger partial charge in [0.2, 0.25) is 15.9 Å². The van der Waals surface area contributed by atoms with Gasteiger partial charge in [0.05, 0.1) is 13.4 Å². The quantitative estimate of drug-likeness (QED) is 0.896. The molecule has 15 heavy (non-hydrogen) atoms. The summed E-state index contributed by atoms with van der Waals surface area (Å²) in [6.45, 7) is 0.161. The number of hydrogen-bond acceptors (Lipinski definition) is 4. The Hall–Kier alpha value is -0.660. The SMILES string of the molecule is COc1ncc(Br)cc1CNS(C)(=O)=O. The van der Waals surface area contributed by atoms with Crippen LogP contribution in [-0.4, -0.2) is 26.8 Å². The third kappa shape index (κ3) is 4.15. The lowest BCUT2D eigenvalue weighted by Crippen LogP contribution is -2.21. The van der Waals surface area contributed by atoms with Crippen molar-refractivity contribution in [3.05, 3.63) is 22.3 Å². The number of hydrogen-bond donors (Lipinski definition) is 1. The van der Waals surface area contributed by atoms with Gasteiger partial charge in [-0.05, 0) is 22.0 Å². The Kier molecular flexibility index (Phi) is 4.06. The van der Waals surface area contributed by atoms with Crippen LogP contribution in [0.5, 0.6) is 5.88 Å². The molecular formula is C8H11BrN2O3S.